The molecule has 2 rings (SSSR count). The number of oxime groups is 1. The molecule has 110 valence electrons. The molecule has 1 fully saturated rings. The lowest BCUT2D eigenvalue weighted by molar-refractivity contribution is 0.103. The van der Waals surface area contributed by atoms with E-state index in [4.69, 9.17) is 10.9 Å². The lowest BCUT2D eigenvalue weighted by atomic mass is 9.95. The molecule has 4 N–H and O–H groups in total. The lowest BCUT2D eigenvalue weighted by Crippen LogP contribution is -2.43. The van der Waals surface area contributed by atoms with E-state index in [-0.39, 0.29) is 11.9 Å². The average Bonchev–Trinajstić information content (AvgIpc) is 2.40. The van der Waals surface area contributed by atoms with E-state index in [0.29, 0.717) is 18.0 Å². The maximum atomic E-state index is 10.1. The summed E-state index contributed by atoms with van der Waals surface area (Å²) >= 11 is 0. The molecule has 2 atom stereocenters. The fourth-order valence-corrected chi connectivity index (χ4v) is 2.69. The third-order valence-corrected chi connectivity index (χ3v) is 3.93. The number of aromatic nitrogens is 1. The van der Waals surface area contributed by atoms with Crippen LogP contribution in [0.15, 0.2) is 11.2 Å². The molecule has 0 radical (unpaired) electrons. The lowest BCUT2D eigenvalue weighted by Gasteiger charge is -2.37. The van der Waals surface area contributed by atoms with Gasteiger partial charge in [-0.3, -0.25) is 4.98 Å². The number of nitrogens with two attached hydrogens (primary N) is 1. The highest BCUT2D eigenvalue weighted by molar-refractivity contribution is 6.03. The number of aliphatic hydroxyl groups excluding tert-OH is 1. The number of hydrogen-bond acceptors (Lipinski definition) is 5. The second kappa shape index (κ2) is 5.66. The van der Waals surface area contributed by atoms with Crippen molar-refractivity contribution in [1.82, 2.24) is 4.98 Å². The summed E-state index contributed by atoms with van der Waals surface area (Å²) in [6.07, 6.45) is 0.551. The van der Waals surface area contributed by atoms with E-state index in [1.807, 2.05) is 19.9 Å². The zero-order valence-electron chi connectivity index (χ0n) is 12.2. The summed E-state index contributed by atoms with van der Waals surface area (Å²) < 4.78 is 0. The van der Waals surface area contributed by atoms with Crippen molar-refractivity contribution in [3.8, 4) is 0 Å². The first-order valence-corrected chi connectivity index (χ1v) is 6.83. The van der Waals surface area contributed by atoms with Crippen LogP contribution >= 0.6 is 0 Å². The fraction of sp³-hybridized carbons (Fsp3) is 0.571. The maximum absolute atomic E-state index is 10.1. The number of β-amino-alcohol motifs (C(OH)–C–C–N with tert-alkyl or cyclic N) is 1. The van der Waals surface area contributed by atoms with Gasteiger partial charge in [0, 0.05) is 18.8 Å². The van der Waals surface area contributed by atoms with E-state index in [1.54, 1.807) is 0 Å². The van der Waals surface area contributed by atoms with E-state index in [2.05, 4.69) is 22.0 Å². The largest absolute Gasteiger partial charge is 0.409 e. The van der Waals surface area contributed by atoms with Gasteiger partial charge in [0.25, 0.3) is 0 Å². The van der Waals surface area contributed by atoms with Gasteiger partial charge in [-0.25, -0.2) is 0 Å². The minimum absolute atomic E-state index is 0.0538. The predicted octanol–water partition coefficient (Wildman–Crippen LogP) is 1.00. The fourth-order valence-electron chi connectivity index (χ4n) is 2.69. The van der Waals surface area contributed by atoms with Gasteiger partial charge in [0.15, 0.2) is 5.84 Å². The van der Waals surface area contributed by atoms with Crippen LogP contribution in [0.1, 0.15) is 30.3 Å². The first-order valence-electron chi connectivity index (χ1n) is 6.83. The van der Waals surface area contributed by atoms with Crippen LogP contribution in [0.5, 0.6) is 0 Å². The summed E-state index contributed by atoms with van der Waals surface area (Å²) in [4.78, 5) is 6.45. The highest BCUT2D eigenvalue weighted by Crippen LogP contribution is 2.28. The molecule has 1 aliphatic rings. The van der Waals surface area contributed by atoms with Crippen LogP contribution < -0.4 is 10.6 Å². The second-order valence-corrected chi connectivity index (χ2v) is 5.51. The molecule has 6 nitrogen and oxygen atoms in total. The van der Waals surface area contributed by atoms with E-state index in [1.165, 1.54) is 0 Å². The summed E-state index contributed by atoms with van der Waals surface area (Å²) in [7, 11) is 0. The maximum Gasteiger partial charge on any atom is 0.174 e. The molecular formula is C14H22N4O2. The molecule has 1 saturated heterocycles. The van der Waals surface area contributed by atoms with Gasteiger partial charge in [-0.2, -0.15) is 0 Å². The number of rotatable bonds is 2. The summed E-state index contributed by atoms with van der Waals surface area (Å²) in [6, 6.07) is 1.92. The number of aryl methyl sites for hydroxylation is 2. The van der Waals surface area contributed by atoms with Crippen molar-refractivity contribution in [3.05, 3.63) is 23.0 Å². The summed E-state index contributed by atoms with van der Waals surface area (Å²) in [6.45, 7) is 7.19. The monoisotopic (exact) mass is 278 g/mol. The van der Waals surface area contributed by atoms with Crippen molar-refractivity contribution >= 4 is 11.5 Å². The topological polar surface area (TPSA) is 95.0 Å². The number of amidine groups is 1. The van der Waals surface area contributed by atoms with Gasteiger partial charge in [0.2, 0.25) is 0 Å². The molecule has 2 heterocycles. The molecule has 1 aromatic heterocycles. The van der Waals surface area contributed by atoms with Crippen LogP contribution in [-0.2, 0) is 0 Å². The Bertz CT molecular complexity index is 530. The van der Waals surface area contributed by atoms with Gasteiger partial charge in [0.05, 0.1) is 23.0 Å². The summed E-state index contributed by atoms with van der Waals surface area (Å²) in [5.74, 6) is 0.348. The van der Waals surface area contributed by atoms with Crippen LogP contribution in [0, 0.1) is 19.8 Å². The van der Waals surface area contributed by atoms with Gasteiger partial charge >= 0.3 is 0 Å². The SMILES string of the molecule is Cc1cc(N2CCC(C)C(O)C2)c(/C(N)=N/O)c(C)n1. The van der Waals surface area contributed by atoms with E-state index in [9.17, 15) is 5.11 Å². The molecule has 0 spiro atoms. The van der Waals surface area contributed by atoms with E-state index in [0.717, 1.165) is 30.0 Å². The average molecular weight is 278 g/mol. The number of nitrogens with zero attached hydrogens (tertiary/aromatic N) is 3. The Morgan fingerprint density at radius 1 is 1.50 bits per heavy atom. The molecule has 0 aliphatic carbocycles. The predicted molar refractivity (Wildman–Crippen MR) is 78.2 cm³/mol. The quantitative estimate of drug-likeness (QED) is 0.325. The van der Waals surface area contributed by atoms with Gasteiger partial charge in [-0.15, -0.1) is 0 Å². The molecule has 0 amide bonds. The Balaban J connectivity index is 2.45. The Labute approximate surface area is 118 Å². The number of pyridine rings is 1. The van der Waals surface area contributed by atoms with Gasteiger partial charge in [-0.05, 0) is 32.3 Å². The van der Waals surface area contributed by atoms with E-state index < -0.39 is 0 Å². The van der Waals surface area contributed by atoms with Crippen molar-refractivity contribution in [2.45, 2.75) is 33.3 Å². The van der Waals surface area contributed by atoms with Gasteiger partial charge in [0.1, 0.15) is 0 Å². The molecule has 0 bridgehead atoms. The van der Waals surface area contributed by atoms with Gasteiger partial charge in [-0.1, -0.05) is 12.1 Å². The Kier molecular flexibility index (Phi) is 4.13. The van der Waals surface area contributed by atoms with Crippen molar-refractivity contribution in [2.75, 3.05) is 18.0 Å². The summed E-state index contributed by atoms with van der Waals surface area (Å²) in [5.41, 5.74) is 8.90. The zero-order valence-corrected chi connectivity index (χ0v) is 12.2. The van der Waals surface area contributed by atoms with Crippen LogP contribution in [0.3, 0.4) is 0 Å². The highest BCUT2D eigenvalue weighted by Gasteiger charge is 2.27. The van der Waals surface area contributed by atoms with Crippen molar-refractivity contribution in [2.24, 2.45) is 16.8 Å². The minimum atomic E-state index is -0.363. The minimum Gasteiger partial charge on any atom is -0.409 e. The van der Waals surface area contributed by atoms with Gasteiger partial charge < -0.3 is 20.9 Å². The normalized spacial score (nSPS) is 24.0. The van der Waals surface area contributed by atoms with E-state index >= 15 is 0 Å². The standard InChI is InChI=1S/C14H22N4O2/c1-8-4-5-18(7-12(8)19)11-6-9(2)16-10(3)13(11)14(15)17-20/h6,8,12,19-20H,4-5,7H2,1-3H3,(H2,15,17). The first-order chi connectivity index (χ1) is 9.43. The molecule has 1 aromatic rings. The number of hydrogen-bond donors (Lipinski definition) is 3. The Morgan fingerprint density at radius 2 is 2.20 bits per heavy atom. The molecular weight excluding hydrogens is 256 g/mol. The molecule has 2 unspecified atom stereocenters. The Morgan fingerprint density at radius 3 is 2.80 bits per heavy atom. The van der Waals surface area contributed by atoms with Crippen LogP contribution in [0.4, 0.5) is 5.69 Å². The highest BCUT2D eigenvalue weighted by atomic mass is 16.4. The molecule has 0 saturated carbocycles. The third kappa shape index (κ3) is 2.70. The third-order valence-electron chi connectivity index (χ3n) is 3.93. The second-order valence-electron chi connectivity index (χ2n) is 5.51. The van der Waals surface area contributed by atoms with Crippen LogP contribution in [-0.4, -0.2) is 40.3 Å². The van der Waals surface area contributed by atoms with Crippen molar-refractivity contribution in [1.29, 1.82) is 0 Å². The molecule has 20 heavy (non-hydrogen) atoms. The number of anilines is 1. The summed E-state index contributed by atoms with van der Waals surface area (Å²) in [5, 5.41) is 22.1. The Hall–Kier alpha value is -1.82. The molecule has 0 aromatic carbocycles. The smallest absolute Gasteiger partial charge is 0.174 e. The van der Waals surface area contributed by atoms with Crippen LogP contribution in [0.25, 0.3) is 0 Å². The number of piperidine rings is 1. The van der Waals surface area contributed by atoms with Crippen LogP contribution in [0.2, 0.25) is 0 Å². The zero-order chi connectivity index (χ0) is 14.9. The first kappa shape index (κ1) is 14.6. The molecule has 1 aliphatic heterocycles. The van der Waals surface area contributed by atoms with Crippen molar-refractivity contribution in [3.63, 3.8) is 0 Å². The van der Waals surface area contributed by atoms with Crippen molar-refractivity contribution < 1.29 is 10.3 Å². The molecule has 6 heteroatoms. The number of aliphatic hydroxyl groups is 1.